The first kappa shape index (κ1) is 9.65. The van der Waals surface area contributed by atoms with Gasteiger partial charge in [-0.25, -0.2) is 0 Å². The summed E-state index contributed by atoms with van der Waals surface area (Å²) in [4.78, 5) is 11.6. The van der Waals surface area contributed by atoms with E-state index in [9.17, 15) is 4.79 Å². The minimum Gasteiger partial charge on any atom is -0.320 e. The molecule has 1 aliphatic rings. The van der Waals surface area contributed by atoms with E-state index in [2.05, 4.69) is 32.7 Å². The zero-order valence-corrected chi connectivity index (χ0v) is 8.84. The lowest BCUT2D eigenvalue weighted by Gasteiger charge is -2.34. The van der Waals surface area contributed by atoms with Crippen LogP contribution in [0.2, 0.25) is 0 Å². The molecular weight excluding hydrogens is 170 g/mol. The Balaban J connectivity index is 3.00. The van der Waals surface area contributed by atoms with Gasteiger partial charge in [-0.2, -0.15) is 0 Å². The van der Waals surface area contributed by atoms with Gasteiger partial charge in [-0.15, -0.1) is 0 Å². The van der Waals surface area contributed by atoms with Crippen molar-refractivity contribution < 1.29 is 4.79 Å². The third-order valence-corrected chi connectivity index (χ3v) is 4.00. The maximum Gasteiger partial charge on any atom is 0.241 e. The van der Waals surface area contributed by atoms with Crippen molar-refractivity contribution >= 4 is 17.7 Å². The molecule has 68 valence electrons. The average Bonchev–Trinajstić information content (AvgIpc) is 2.06. The lowest BCUT2D eigenvalue weighted by Crippen LogP contribution is -2.44. The van der Waals surface area contributed by atoms with Crippen molar-refractivity contribution in [1.29, 1.82) is 0 Å². The topological polar surface area (TPSA) is 29.1 Å². The largest absolute Gasteiger partial charge is 0.320 e. The van der Waals surface area contributed by atoms with Gasteiger partial charge in [0.1, 0.15) is 4.75 Å². The van der Waals surface area contributed by atoms with E-state index in [1.807, 2.05) is 6.92 Å². The third kappa shape index (κ3) is 1.26. The minimum atomic E-state index is -0.371. The predicted octanol–water partition coefficient (Wildman–Crippen LogP) is 2.13. The van der Waals surface area contributed by atoms with Crippen LogP contribution in [0.3, 0.4) is 0 Å². The van der Waals surface area contributed by atoms with Gasteiger partial charge in [-0.3, -0.25) is 4.79 Å². The maximum absolute atomic E-state index is 11.6. The highest BCUT2D eigenvalue weighted by molar-refractivity contribution is 8.05. The van der Waals surface area contributed by atoms with E-state index in [1.165, 1.54) is 11.8 Å². The molecule has 1 fully saturated rings. The van der Waals surface area contributed by atoms with Gasteiger partial charge in [-0.05, 0) is 12.3 Å². The smallest absolute Gasteiger partial charge is 0.241 e. The summed E-state index contributed by atoms with van der Waals surface area (Å²) in [5.41, 5.74) is -0.0405. The van der Waals surface area contributed by atoms with Crippen molar-refractivity contribution in [3.8, 4) is 0 Å². The van der Waals surface area contributed by atoms with Crippen molar-refractivity contribution in [2.75, 3.05) is 0 Å². The molecule has 0 aliphatic carbocycles. The van der Waals surface area contributed by atoms with Crippen LogP contribution in [-0.4, -0.2) is 10.7 Å². The van der Waals surface area contributed by atoms with Gasteiger partial charge in [0, 0.05) is 0 Å². The molecule has 0 aromatic rings. The molecule has 1 amide bonds. The van der Waals surface area contributed by atoms with E-state index in [0.717, 1.165) is 5.03 Å². The highest BCUT2D eigenvalue weighted by Gasteiger charge is 2.49. The summed E-state index contributed by atoms with van der Waals surface area (Å²) in [6.07, 6.45) is 0. The van der Waals surface area contributed by atoms with Gasteiger partial charge in [0.2, 0.25) is 5.91 Å². The molecule has 1 atom stereocenters. The molecule has 0 radical (unpaired) electrons. The molecule has 0 saturated carbocycles. The normalized spacial score (nSPS) is 30.7. The fourth-order valence-corrected chi connectivity index (χ4v) is 2.14. The van der Waals surface area contributed by atoms with Crippen LogP contribution in [0.5, 0.6) is 0 Å². The van der Waals surface area contributed by atoms with E-state index < -0.39 is 0 Å². The summed E-state index contributed by atoms with van der Waals surface area (Å²) < 4.78 is -0.371. The molecule has 1 aliphatic heterocycles. The Kier molecular flexibility index (Phi) is 2.03. The second kappa shape index (κ2) is 2.52. The molecule has 3 heteroatoms. The summed E-state index contributed by atoms with van der Waals surface area (Å²) in [6, 6.07) is 0. The van der Waals surface area contributed by atoms with Crippen LogP contribution < -0.4 is 5.32 Å². The van der Waals surface area contributed by atoms with Gasteiger partial charge in [0.15, 0.2) is 0 Å². The summed E-state index contributed by atoms with van der Waals surface area (Å²) >= 11 is 1.53. The summed E-state index contributed by atoms with van der Waals surface area (Å²) in [6.45, 7) is 11.9. The SMILES string of the molecule is C=C1NC(=O)C(C)(C(C)(C)C)S1. The highest BCUT2D eigenvalue weighted by atomic mass is 32.2. The molecule has 0 bridgehead atoms. The van der Waals surface area contributed by atoms with Crippen LogP contribution in [-0.2, 0) is 4.79 Å². The molecule has 1 rings (SSSR count). The lowest BCUT2D eigenvalue weighted by molar-refractivity contribution is -0.123. The maximum atomic E-state index is 11.6. The Labute approximate surface area is 77.8 Å². The van der Waals surface area contributed by atoms with Crippen molar-refractivity contribution in [2.24, 2.45) is 5.41 Å². The van der Waals surface area contributed by atoms with Crippen molar-refractivity contribution in [3.63, 3.8) is 0 Å². The Hall–Kier alpha value is -0.440. The zero-order chi connectivity index (χ0) is 9.57. The molecule has 1 heterocycles. The molecule has 0 aromatic heterocycles. The van der Waals surface area contributed by atoms with Crippen LogP contribution >= 0.6 is 11.8 Å². The van der Waals surface area contributed by atoms with Gasteiger partial charge in [0.25, 0.3) is 0 Å². The Morgan fingerprint density at radius 3 is 2.17 bits per heavy atom. The van der Waals surface area contributed by atoms with Gasteiger partial charge >= 0.3 is 0 Å². The number of hydrogen-bond donors (Lipinski definition) is 1. The third-order valence-electron chi connectivity index (χ3n) is 2.44. The summed E-state index contributed by atoms with van der Waals surface area (Å²) in [5, 5.41) is 3.50. The van der Waals surface area contributed by atoms with Crippen molar-refractivity contribution in [2.45, 2.75) is 32.4 Å². The first-order valence-corrected chi connectivity index (χ1v) is 4.78. The monoisotopic (exact) mass is 185 g/mol. The molecule has 1 unspecified atom stereocenters. The number of hydrogen-bond acceptors (Lipinski definition) is 2. The number of amides is 1. The molecule has 1 N–H and O–H groups in total. The zero-order valence-electron chi connectivity index (χ0n) is 8.02. The summed E-state index contributed by atoms with van der Waals surface area (Å²) in [5.74, 6) is 0.0741. The number of carbonyl (C=O) groups is 1. The van der Waals surface area contributed by atoms with E-state index in [4.69, 9.17) is 0 Å². The van der Waals surface area contributed by atoms with Gasteiger partial charge in [-0.1, -0.05) is 39.1 Å². The van der Waals surface area contributed by atoms with Crippen LogP contribution in [0.25, 0.3) is 0 Å². The second-order valence-corrected chi connectivity index (χ2v) is 5.78. The molecule has 0 spiro atoms. The molecule has 2 nitrogen and oxygen atoms in total. The first-order chi connectivity index (χ1) is 5.27. The van der Waals surface area contributed by atoms with Crippen LogP contribution in [0.4, 0.5) is 0 Å². The predicted molar refractivity (Wildman–Crippen MR) is 52.7 cm³/mol. The van der Waals surface area contributed by atoms with E-state index >= 15 is 0 Å². The Morgan fingerprint density at radius 1 is 1.50 bits per heavy atom. The fourth-order valence-electron chi connectivity index (χ4n) is 1.06. The Bertz CT molecular complexity index is 241. The summed E-state index contributed by atoms with van der Waals surface area (Å²) in [7, 11) is 0. The van der Waals surface area contributed by atoms with Gasteiger partial charge in [0.05, 0.1) is 5.03 Å². The fraction of sp³-hybridized carbons (Fsp3) is 0.667. The molecule has 1 saturated heterocycles. The van der Waals surface area contributed by atoms with Crippen LogP contribution in [0.1, 0.15) is 27.7 Å². The average molecular weight is 185 g/mol. The van der Waals surface area contributed by atoms with E-state index in [-0.39, 0.29) is 16.1 Å². The molecule has 12 heavy (non-hydrogen) atoms. The number of thioether (sulfide) groups is 1. The quantitative estimate of drug-likeness (QED) is 0.626. The standard InChI is InChI=1S/C9H15NOS/c1-6-10-7(11)9(5,12-6)8(2,3)4/h1H2,2-5H3,(H,10,11). The minimum absolute atomic E-state index is 0.0405. The molecule has 0 aromatic carbocycles. The molecular formula is C9H15NOS. The number of nitrogens with one attached hydrogen (secondary N) is 1. The number of carbonyl (C=O) groups excluding carboxylic acids is 1. The lowest BCUT2D eigenvalue weighted by atomic mass is 9.80. The Morgan fingerprint density at radius 2 is 2.00 bits per heavy atom. The first-order valence-electron chi connectivity index (χ1n) is 3.97. The van der Waals surface area contributed by atoms with E-state index in [0.29, 0.717) is 0 Å². The van der Waals surface area contributed by atoms with Crippen molar-refractivity contribution in [3.05, 3.63) is 11.6 Å². The van der Waals surface area contributed by atoms with Crippen molar-refractivity contribution in [1.82, 2.24) is 5.32 Å². The highest BCUT2D eigenvalue weighted by Crippen LogP contribution is 2.47. The van der Waals surface area contributed by atoms with Crippen LogP contribution in [0.15, 0.2) is 11.6 Å². The van der Waals surface area contributed by atoms with Crippen LogP contribution in [0, 0.1) is 5.41 Å². The van der Waals surface area contributed by atoms with Gasteiger partial charge < -0.3 is 5.32 Å². The second-order valence-electron chi connectivity index (χ2n) is 4.26. The number of rotatable bonds is 0. The van der Waals surface area contributed by atoms with E-state index in [1.54, 1.807) is 0 Å².